The van der Waals surface area contributed by atoms with Gasteiger partial charge in [0.05, 0.1) is 18.7 Å². The van der Waals surface area contributed by atoms with Crippen LogP contribution in [0.4, 0.5) is 0 Å². The second-order valence-corrected chi connectivity index (χ2v) is 5.65. The van der Waals surface area contributed by atoms with Crippen molar-refractivity contribution in [1.29, 1.82) is 5.26 Å². The van der Waals surface area contributed by atoms with E-state index in [4.69, 9.17) is 18.7 Å². The molecule has 0 aliphatic carbocycles. The molecule has 0 unspecified atom stereocenters. The number of nitriles is 1. The summed E-state index contributed by atoms with van der Waals surface area (Å²) in [5.74, 6) is 0.265. The zero-order valence-corrected chi connectivity index (χ0v) is 12.4. The first-order valence-electron chi connectivity index (χ1n) is 5.84. The average Bonchev–Trinajstić information content (AvgIpc) is 2.78. The Morgan fingerprint density at radius 3 is 2.52 bits per heavy atom. The second-order valence-electron chi connectivity index (χ2n) is 4.17. The van der Waals surface area contributed by atoms with E-state index >= 15 is 0 Å². The van der Waals surface area contributed by atoms with Crippen LogP contribution in [0.3, 0.4) is 0 Å². The molecular formula is C13H12N2O5S. The number of rotatable bonds is 4. The zero-order valence-electron chi connectivity index (χ0n) is 11.6. The van der Waals surface area contributed by atoms with Gasteiger partial charge in [0, 0.05) is 6.07 Å². The highest BCUT2D eigenvalue weighted by molar-refractivity contribution is 7.87. The Labute approximate surface area is 121 Å². The molecule has 0 aliphatic rings. The highest BCUT2D eigenvalue weighted by Crippen LogP contribution is 2.31. The van der Waals surface area contributed by atoms with E-state index in [1.165, 1.54) is 39.2 Å². The van der Waals surface area contributed by atoms with Crippen molar-refractivity contribution in [2.75, 3.05) is 7.11 Å². The minimum Gasteiger partial charge on any atom is -0.493 e. The third-order valence-electron chi connectivity index (χ3n) is 2.71. The van der Waals surface area contributed by atoms with Gasteiger partial charge in [-0.15, -0.1) is 0 Å². The van der Waals surface area contributed by atoms with Crippen molar-refractivity contribution < 1.29 is 21.9 Å². The molecule has 0 atom stereocenters. The van der Waals surface area contributed by atoms with Gasteiger partial charge in [-0.2, -0.15) is 13.7 Å². The topological polar surface area (TPSA) is 102 Å². The number of nitrogens with zero attached hydrogens (tertiary/aromatic N) is 2. The van der Waals surface area contributed by atoms with E-state index in [0.717, 1.165) is 0 Å². The number of ether oxygens (including phenoxy) is 1. The van der Waals surface area contributed by atoms with Crippen LogP contribution < -0.4 is 8.92 Å². The molecule has 0 N–H and O–H groups in total. The number of methoxy groups -OCH3 is 1. The molecule has 1 aromatic heterocycles. The summed E-state index contributed by atoms with van der Waals surface area (Å²) < 4.78 is 39.5. The Hall–Kier alpha value is -2.53. The van der Waals surface area contributed by atoms with E-state index in [-0.39, 0.29) is 27.8 Å². The van der Waals surface area contributed by atoms with Crippen LogP contribution in [0.15, 0.2) is 27.6 Å². The van der Waals surface area contributed by atoms with Gasteiger partial charge in [0.25, 0.3) is 0 Å². The van der Waals surface area contributed by atoms with Crippen LogP contribution in [-0.2, 0) is 10.1 Å². The molecule has 2 rings (SSSR count). The van der Waals surface area contributed by atoms with Gasteiger partial charge >= 0.3 is 10.1 Å². The molecule has 21 heavy (non-hydrogen) atoms. The SMILES string of the molecule is COc1cc(C#N)ccc1OS(=O)(=O)c1c(C)noc1C. The van der Waals surface area contributed by atoms with Gasteiger partial charge in [-0.25, -0.2) is 0 Å². The molecule has 110 valence electrons. The summed E-state index contributed by atoms with van der Waals surface area (Å²) in [4.78, 5) is -0.117. The summed E-state index contributed by atoms with van der Waals surface area (Å²) in [5.41, 5.74) is 0.536. The fourth-order valence-electron chi connectivity index (χ4n) is 1.80. The molecular weight excluding hydrogens is 296 g/mol. The van der Waals surface area contributed by atoms with Gasteiger partial charge < -0.3 is 13.4 Å². The minimum absolute atomic E-state index is 0.0171. The van der Waals surface area contributed by atoms with Crippen LogP contribution in [-0.4, -0.2) is 20.7 Å². The maximum atomic E-state index is 12.3. The molecule has 0 radical (unpaired) electrons. The Bertz CT molecular complexity index is 798. The maximum Gasteiger partial charge on any atom is 0.344 e. The van der Waals surface area contributed by atoms with E-state index in [1.54, 1.807) is 0 Å². The Morgan fingerprint density at radius 1 is 1.29 bits per heavy atom. The highest BCUT2D eigenvalue weighted by atomic mass is 32.2. The van der Waals surface area contributed by atoms with Crippen molar-refractivity contribution in [1.82, 2.24) is 5.16 Å². The number of hydrogen-bond acceptors (Lipinski definition) is 7. The lowest BCUT2D eigenvalue weighted by atomic mass is 10.2. The summed E-state index contributed by atoms with van der Waals surface area (Å²) in [6.45, 7) is 2.98. The summed E-state index contributed by atoms with van der Waals surface area (Å²) in [5, 5.41) is 12.4. The first-order chi connectivity index (χ1) is 9.89. The zero-order chi connectivity index (χ0) is 15.6. The Balaban J connectivity index is 2.45. The number of aryl methyl sites for hydroxylation is 2. The summed E-state index contributed by atoms with van der Waals surface area (Å²) in [6, 6.07) is 6.10. The molecule has 8 heteroatoms. The third kappa shape index (κ3) is 2.83. The van der Waals surface area contributed by atoms with Crippen LogP contribution >= 0.6 is 0 Å². The summed E-state index contributed by atoms with van der Waals surface area (Å²) in [6.07, 6.45) is 0. The standard InChI is InChI=1S/C13H12N2O5S/c1-8-13(9(2)19-15-8)21(16,17)20-11-5-4-10(7-14)6-12(11)18-3/h4-6H,1-3H3. The van der Waals surface area contributed by atoms with E-state index < -0.39 is 10.1 Å². The molecule has 0 saturated heterocycles. The van der Waals surface area contributed by atoms with E-state index in [2.05, 4.69) is 5.16 Å². The van der Waals surface area contributed by atoms with E-state index in [9.17, 15) is 8.42 Å². The van der Waals surface area contributed by atoms with Crippen LogP contribution in [0.2, 0.25) is 0 Å². The molecule has 1 heterocycles. The van der Waals surface area contributed by atoms with Gasteiger partial charge in [0.1, 0.15) is 5.69 Å². The lowest BCUT2D eigenvalue weighted by Crippen LogP contribution is -2.12. The molecule has 2 aromatic rings. The van der Waals surface area contributed by atoms with Crippen molar-refractivity contribution in [2.24, 2.45) is 0 Å². The quantitative estimate of drug-likeness (QED) is 0.795. The lowest BCUT2D eigenvalue weighted by Gasteiger charge is -2.10. The smallest absolute Gasteiger partial charge is 0.344 e. The fraction of sp³-hybridized carbons (Fsp3) is 0.231. The van der Waals surface area contributed by atoms with Crippen molar-refractivity contribution in [3.63, 3.8) is 0 Å². The molecule has 0 spiro atoms. The molecule has 0 fully saturated rings. The van der Waals surface area contributed by atoms with Crippen LogP contribution in [0, 0.1) is 25.2 Å². The molecule has 0 aliphatic heterocycles. The predicted octanol–water partition coefficient (Wildman–Crippen LogP) is 1.94. The van der Waals surface area contributed by atoms with Crippen molar-refractivity contribution in [2.45, 2.75) is 18.7 Å². The minimum atomic E-state index is -4.10. The van der Waals surface area contributed by atoms with E-state index in [1.807, 2.05) is 6.07 Å². The first kappa shape index (κ1) is 14.9. The predicted molar refractivity (Wildman–Crippen MR) is 71.5 cm³/mol. The van der Waals surface area contributed by atoms with Crippen LogP contribution in [0.25, 0.3) is 0 Å². The van der Waals surface area contributed by atoms with Crippen molar-refractivity contribution >= 4 is 10.1 Å². The average molecular weight is 308 g/mol. The molecule has 0 saturated carbocycles. The first-order valence-corrected chi connectivity index (χ1v) is 7.25. The van der Waals surface area contributed by atoms with E-state index in [0.29, 0.717) is 5.56 Å². The number of aromatic nitrogens is 1. The molecule has 7 nitrogen and oxygen atoms in total. The van der Waals surface area contributed by atoms with Crippen molar-refractivity contribution in [3.8, 4) is 17.6 Å². The summed E-state index contributed by atoms with van der Waals surface area (Å²) in [7, 11) is -2.75. The monoisotopic (exact) mass is 308 g/mol. The van der Waals surface area contributed by atoms with Gasteiger partial charge in [-0.05, 0) is 26.0 Å². The normalized spacial score (nSPS) is 11.0. The third-order valence-corrected chi connectivity index (χ3v) is 4.19. The van der Waals surface area contributed by atoms with Crippen LogP contribution in [0.5, 0.6) is 11.5 Å². The molecule has 1 aromatic carbocycles. The lowest BCUT2D eigenvalue weighted by molar-refractivity contribution is 0.385. The van der Waals surface area contributed by atoms with Crippen molar-refractivity contribution in [3.05, 3.63) is 35.2 Å². The Kier molecular flexibility index (Phi) is 3.86. The van der Waals surface area contributed by atoms with Gasteiger partial charge in [0.2, 0.25) is 0 Å². The maximum absolute atomic E-state index is 12.3. The van der Waals surface area contributed by atoms with Gasteiger partial charge in [-0.1, -0.05) is 5.16 Å². The molecule has 0 amide bonds. The number of benzene rings is 1. The van der Waals surface area contributed by atoms with Gasteiger partial charge in [-0.3, -0.25) is 0 Å². The second kappa shape index (κ2) is 5.46. The fourth-order valence-corrected chi connectivity index (χ4v) is 3.04. The largest absolute Gasteiger partial charge is 0.493 e. The molecule has 0 bridgehead atoms. The highest BCUT2D eigenvalue weighted by Gasteiger charge is 2.27. The Morgan fingerprint density at radius 2 is 2.00 bits per heavy atom. The summed E-state index contributed by atoms with van der Waals surface area (Å²) >= 11 is 0. The van der Waals surface area contributed by atoms with Crippen LogP contribution in [0.1, 0.15) is 17.0 Å². The van der Waals surface area contributed by atoms with Gasteiger partial charge in [0.15, 0.2) is 22.2 Å². The number of hydrogen-bond donors (Lipinski definition) is 0.